The van der Waals surface area contributed by atoms with E-state index in [4.69, 9.17) is 16.7 Å². The number of nitrogens with one attached hydrogen (secondary N) is 1. The molecule has 0 spiro atoms. The van der Waals surface area contributed by atoms with E-state index in [1.54, 1.807) is 0 Å². The van der Waals surface area contributed by atoms with Crippen LogP contribution >= 0.6 is 11.6 Å². The number of alkyl halides is 1. The van der Waals surface area contributed by atoms with E-state index in [0.717, 1.165) is 12.8 Å². The van der Waals surface area contributed by atoms with Gasteiger partial charge in [0.25, 0.3) is 0 Å². The highest BCUT2D eigenvalue weighted by atomic mass is 35.5. The van der Waals surface area contributed by atoms with Crippen molar-refractivity contribution in [3.8, 4) is 0 Å². The summed E-state index contributed by atoms with van der Waals surface area (Å²) in [5, 5.41) is 11.9. The number of likely N-dealkylation sites (N-methyl/N-ethyl adjacent to an activating group) is 1. The van der Waals surface area contributed by atoms with Crippen molar-refractivity contribution in [2.24, 2.45) is 0 Å². The monoisotopic (exact) mass is 151 g/mol. The molecule has 1 unspecified atom stereocenters. The first-order valence-electron chi connectivity index (χ1n) is 3.20. The van der Waals surface area contributed by atoms with Crippen molar-refractivity contribution in [3.63, 3.8) is 0 Å². The lowest BCUT2D eigenvalue weighted by molar-refractivity contribution is 0.164. The quantitative estimate of drug-likeness (QED) is 0.564. The van der Waals surface area contributed by atoms with Gasteiger partial charge in [-0.05, 0) is 19.9 Å². The minimum absolute atomic E-state index is 0.228. The third kappa shape index (κ3) is 6.09. The Morgan fingerprint density at radius 3 is 2.78 bits per heavy atom. The molecule has 0 aromatic rings. The highest BCUT2D eigenvalue weighted by Crippen LogP contribution is 1.96. The topological polar surface area (TPSA) is 32.3 Å². The van der Waals surface area contributed by atoms with E-state index in [0.29, 0.717) is 12.4 Å². The first-order chi connectivity index (χ1) is 4.31. The van der Waals surface area contributed by atoms with Gasteiger partial charge in [0.2, 0.25) is 0 Å². The summed E-state index contributed by atoms with van der Waals surface area (Å²) in [7, 11) is 1.82. The van der Waals surface area contributed by atoms with Gasteiger partial charge in [-0.15, -0.1) is 11.6 Å². The van der Waals surface area contributed by atoms with Gasteiger partial charge in [0.15, 0.2) is 0 Å². The molecule has 0 aromatic heterocycles. The third-order valence-corrected chi connectivity index (χ3v) is 1.38. The van der Waals surface area contributed by atoms with Crippen LogP contribution in [0.4, 0.5) is 0 Å². The first-order valence-corrected chi connectivity index (χ1v) is 3.73. The van der Waals surface area contributed by atoms with Crippen molar-refractivity contribution < 1.29 is 5.11 Å². The van der Waals surface area contributed by atoms with Crippen LogP contribution in [0, 0.1) is 0 Å². The summed E-state index contributed by atoms with van der Waals surface area (Å²) < 4.78 is 0. The van der Waals surface area contributed by atoms with E-state index in [-0.39, 0.29) is 6.10 Å². The van der Waals surface area contributed by atoms with Crippen LogP contribution in [0.3, 0.4) is 0 Å². The second kappa shape index (κ2) is 6.33. The van der Waals surface area contributed by atoms with Crippen molar-refractivity contribution in [3.05, 3.63) is 0 Å². The lowest BCUT2D eigenvalue weighted by Gasteiger charge is -2.06. The lowest BCUT2D eigenvalue weighted by Crippen LogP contribution is -2.23. The molecule has 0 bridgehead atoms. The molecule has 0 saturated carbocycles. The number of aliphatic hydroxyl groups excluding tert-OH is 1. The zero-order valence-electron chi connectivity index (χ0n) is 5.73. The molecule has 0 aliphatic carbocycles. The van der Waals surface area contributed by atoms with Gasteiger partial charge < -0.3 is 10.4 Å². The Morgan fingerprint density at radius 2 is 2.33 bits per heavy atom. The van der Waals surface area contributed by atoms with Crippen molar-refractivity contribution in [2.75, 3.05) is 19.5 Å². The minimum atomic E-state index is -0.228. The van der Waals surface area contributed by atoms with Gasteiger partial charge in [-0.1, -0.05) is 0 Å². The van der Waals surface area contributed by atoms with Crippen molar-refractivity contribution >= 4 is 11.6 Å². The van der Waals surface area contributed by atoms with Crippen LogP contribution in [0.5, 0.6) is 0 Å². The molecule has 1 atom stereocenters. The fourth-order valence-electron chi connectivity index (χ4n) is 0.650. The molecule has 9 heavy (non-hydrogen) atoms. The number of halogens is 1. The van der Waals surface area contributed by atoms with Crippen LogP contribution < -0.4 is 5.32 Å². The van der Waals surface area contributed by atoms with Gasteiger partial charge in [0.05, 0.1) is 6.10 Å². The summed E-state index contributed by atoms with van der Waals surface area (Å²) in [6.45, 7) is 0.664. The number of hydrogen-bond acceptors (Lipinski definition) is 2. The first kappa shape index (κ1) is 9.21. The molecule has 0 aliphatic heterocycles. The number of rotatable bonds is 5. The highest BCUT2D eigenvalue weighted by Gasteiger charge is 1.99. The average Bonchev–Trinajstić information content (AvgIpc) is 1.85. The largest absolute Gasteiger partial charge is 0.392 e. The zero-order chi connectivity index (χ0) is 7.11. The third-order valence-electron chi connectivity index (χ3n) is 1.11. The highest BCUT2D eigenvalue weighted by molar-refractivity contribution is 6.17. The summed E-state index contributed by atoms with van der Waals surface area (Å²) in [4.78, 5) is 0. The van der Waals surface area contributed by atoms with E-state index >= 15 is 0 Å². The maximum absolute atomic E-state index is 9.06. The van der Waals surface area contributed by atoms with Gasteiger partial charge in [-0.25, -0.2) is 0 Å². The number of hydrogen-bond donors (Lipinski definition) is 2. The standard InChI is InChI=1S/C6H14ClNO/c1-8-5-6(9)3-2-4-7/h6,8-9H,2-5H2,1H3. The fraction of sp³-hybridized carbons (Fsp3) is 1.00. The van der Waals surface area contributed by atoms with Gasteiger partial charge in [0.1, 0.15) is 0 Å². The summed E-state index contributed by atoms with van der Waals surface area (Å²) in [6.07, 6.45) is 1.46. The normalized spacial score (nSPS) is 13.7. The Hall–Kier alpha value is 0.210. The summed E-state index contributed by atoms with van der Waals surface area (Å²) in [5.41, 5.74) is 0. The molecule has 0 fully saturated rings. The fourth-order valence-corrected chi connectivity index (χ4v) is 0.805. The predicted octanol–water partition coefficient (Wildman–Crippen LogP) is 0.586. The molecule has 0 radical (unpaired) electrons. The summed E-state index contributed by atoms with van der Waals surface area (Å²) >= 11 is 5.41. The van der Waals surface area contributed by atoms with E-state index in [1.165, 1.54) is 0 Å². The van der Waals surface area contributed by atoms with E-state index in [1.807, 2.05) is 7.05 Å². The van der Waals surface area contributed by atoms with Crippen molar-refractivity contribution in [1.29, 1.82) is 0 Å². The second-order valence-electron chi connectivity index (χ2n) is 2.04. The van der Waals surface area contributed by atoms with Crippen LogP contribution in [-0.2, 0) is 0 Å². The SMILES string of the molecule is CNCC(O)CCCCl. The van der Waals surface area contributed by atoms with Crippen molar-refractivity contribution in [2.45, 2.75) is 18.9 Å². The van der Waals surface area contributed by atoms with Crippen LogP contribution in [0.2, 0.25) is 0 Å². The lowest BCUT2D eigenvalue weighted by atomic mass is 10.2. The average molecular weight is 152 g/mol. The van der Waals surface area contributed by atoms with Crippen LogP contribution in [0.1, 0.15) is 12.8 Å². The van der Waals surface area contributed by atoms with Crippen molar-refractivity contribution in [1.82, 2.24) is 5.32 Å². The van der Waals surface area contributed by atoms with E-state index < -0.39 is 0 Å². The van der Waals surface area contributed by atoms with Gasteiger partial charge in [-0.3, -0.25) is 0 Å². The molecule has 0 aromatic carbocycles. The molecule has 0 saturated heterocycles. The summed E-state index contributed by atoms with van der Waals surface area (Å²) in [6, 6.07) is 0. The Labute approximate surface area is 61.2 Å². The molecule has 0 heterocycles. The van der Waals surface area contributed by atoms with E-state index in [9.17, 15) is 0 Å². The minimum Gasteiger partial charge on any atom is -0.392 e. The predicted molar refractivity (Wildman–Crippen MR) is 39.9 cm³/mol. The molecular weight excluding hydrogens is 138 g/mol. The molecule has 56 valence electrons. The van der Waals surface area contributed by atoms with Crippen LogP contribution in [0.25, 0.3) is 0 Å². The molecule has 0 rings (SSSR count). The molecule has 0 aliphatic rings. The molecule has 3 heteroatoms. The number of aliphatic hydroxyl groups is 1. The molecule has 2 nitrogen and oxygen atoms in total. The van der Waals surface area contributed by atoms with Gasteiger partial charge in [-0.2, -0.15) is 0 Å². The Morgan fingerprint density at radius 1 is 1.67 bits per heavy atom. The molecule has 0 amide bonds. The van der Waals surface area contributed by atoms with Crippen LogP contribution in [-0.4, -0.2) is 30.7 Å². The second-order valence-corrected chi connectivity index (χ2v) is 2.42. The smallest absolute Gasteiger partial charge is 0.0664 e. The Bertz CT molecular complexity index is 61.0. The van der Waals surface area contributed by atoms with E-state index in [2.05, 4.69) is 5.32 Å². The Kier molecular flexibility index (Phi) is 6.48. The maximum Gasteiger partial charge on any atom is 0.0664 e. The molecule has 2 N–H and O–H groups in total. The van der Waals surface area contributed by atoms with Gasteiger partial charge in [0, 0.05) is 12.4 Å². The summed E-state index contributed by atoms with van der Waals surface area (Å²) in [5.74, 6) is 0.640. The maximum atomic E-state index is 9.06. The zero-order valence-corrected chi connectivity index (χ0v) is 6.49. The molecular formula is C6H14ClNO. The van der Waals surface area contributed by atoms with Crippen LogP contribution in [0.15, 0.2) is 0 Å². The van der Waals surface area contributed by atoms with Gasteiger partial charge >= 0.3 is 0 Å². The Balaban J connectivity index is 2.95.